The first-order valence-corrected chi connectivity index (χ1v) is 11.7. The van der Waals surface area contributed by atoms with Crippen LogP contribution in [-0.2, 0) is 4.79 Å². The zero-order valence-electron chi connectivity index (χ0n) is 19.1. The quantitative estimate of drug-likeness (QED) is 0.572. The molecule has 7 heteroatoms. The number of aromatic nitrogens is 1. The van der Waals surface area contributed by atoms with E-state index in [0.29, 0.717) is 11.1 Å². The fraction of sp³-hybridized carbons (Fsp3) is 0.625. The Morgan fingerprint density at radius 1 is 1.10 bits per heavy atom. The van der Waals surface area contributed by atoms with Crippen molar-refractivity contribution in [1.82, 2.24) is 24.0 Å². The molecule has 4 rings (SSSR count). The summed E-state index contributed by atoms with van der Waals surface area (Å²) < 4.78 is 3.02. The van der Waals surface area contributed by atoms with Crippen LogP contribution in [0.5, 0.6) is 0 Å². The van der Waals surface area contributed by atoms with Crippen LogP contribution in [0.1, 0.15) is 12.8 Å². The van der Waals surface area contributed by atoms with Crippen molar-refractivity contribution >= 4 is 16.9 Å². The Balaban J connectivity index is 1.47. The van der Waals surface area contributed by atoms with E-state index in [1.54, 1.807) is 0 Å². The number of fused-ring (bicyclic) bond motifs is 1. The maximum Gasteiger partial charge on any atom is 0.114 e. The number of piperazine rings is 1. The predicted octanol–water partition coefficient (Wildman–Crippen LogP) is 0.419. The second-order valence-electron chi connectivity index (χ2n) is 9.59. The number of hydrogen-bond donors (Lipinski definition) is 0. The van der Waals surface area contributed by atoms with Gasteiger partial charge in [-0.25, -0.2) is 4.59 Å². The summed E-state index contributed by atoms with van der Waals surface area (Å²) in [7, 11) is 4.26. The number of para-hydroxylation sites is 1. The van der Waals surface area contributed by atoms with Gasteiger partial charge in [0, 0.05) is 44.7 Å². The normalized spacial score (nSPS) is 26.0. The van der Waals surface area contributed by atoms with Crippen molar-refractivity contribution in [2.45, 2.75) is 12.8 Å². The highest BCUT2D eigenvalue weighted by atomic mass is 16.4. The minimum atomic E-state index is -0.895. The first-order chi connectivity index (χ1) is 15.0. The molecule has 7 nitrogen and oxygen atoms in total. The second-order valence-corrected chi connectivity index (χ2v) is 9.59. The van der Waals surface area contributed by atoms with Gasteiger partial charge in [0.25, 0.3) is 0 Å². The number of carbonyl (C=O) groups is 1. The predicted molar refractivity (Wildman–Crippen MR) is 123 cm³/mol. The number of carboxylic acids is 1. The van der Waals surface area contributed by atoms with Gasteiger partial charge in [-0.2, -0.15) is 4.68 Å². The lowest BCUT2D eigenvalue weighted by Crippen LogP contribution is -2.66. The van der Waals surface area contributed by atoms with Crippen molar-refractivity contribution in [1.29, 1.82) is 0 Å². The molecule has 2 aromatic rings. The Kier molecular flexibility index (Phi) is 6.96. The lowest BCUT2D eigenvalue weighted by atomic mass is 9.97. The molecule has 0 bridgehead atoms. The van der Waals surface area contributed by atoms with Gasteiger partial charge in [-0.15, -0.1) is 0 Å². The standard InChI is InChI=1S/C24H37N5O2/c1-25(2)11-12-26-13-15-27(16-14-26)17-19-29(18-5-7-22(20-29)24(30)31)28-10-9-21-6-3-4-8-23(21)28/h3-4,6,8-10,22H,5,7,11-20H2,1-2H3. The Morgan fingerprint density at radius 2 is 1.81 bits per heavy atom. The zero-order chi connectivity index (χ0) is 21.8. The molecule has 0 radical (unpaired) electrons. The summed E-state index contributed by atoms with van der Waals surface area (Å²) >= 11 is 0. The summed E-state index contributed by atoms with van der Waals surface area (Å²) in [6.45, 7) is 10.1. The van der Waals surface area contributed by atoms with Gasteiger partial charge in [-0.3, -0.25) is 9.80 Å². The second kappa shape index (κ2) is 9.69. The summed E-state index contributed by atoms with van der Waals surface area (Å²) in [6, 6.07) is 10.6. The largest absolute Gasteiger partial charge is 0.550 e. The van der Waals surface area contributed by atoms with Gasteiger partial charge in [0.15, 0.2) is 0 Å². The molecule has 2 unspecified atom stereocenters. The smallest absolute Gasteiger partial charge is 0.114 e. The molecule has 3 heterocycles. The highest BCUT2D eigenvalue weighted by molar-refractivity contribution is 5.80. The van der Waals surface area contributed by atoms with E-state index >= 15 is 0 Å². The van der Waals surface area contributed by atoms with Gasteiger partial charge in [0.1, 0.15) is 25.2 Å². The maximum absolute atomic E-state index is 11.8. The summed E-state index contributed by atoms with van der Waals surface area (Å²) in [5, 5.41) is 13.0. The number of likely N-dealkylation sites (tertiary alicyclic amines) is 1. The third kappa shape index (κ3) is 5.12. The lowest BCUT2D eigenvalue weighted by Gasteiger charge is -2.46. The van der Waals surface area contributed by atoms with Gasteiger partial charge < -0.3 is 14.8 Å². The van der Waals surface area contributed by atoms with Crippen LogP contribution in [0, 0.1) is 5.92 Å². The van der Waals surface area contributed by atoms with Gasteiger partial charge in [0.2, 0.25) is 0 Å². The Morgan fingerprint density at radius 3 is 2.52 bits per heavy atom. The van der Waals surface area contributed by atoms with Gasteiger partial charge in [-0.05, 0) is 39.1 Å². The van der Waals surface area contributed by atoms with Crippen LogP contribution in [0.3, 0.4) is 0 Å². The Bertz CT molecular complexity index is 874. The van der Waals surface area contributed by atoms with Crippen molar-refractivity contribution in [2.24, 2.45) is 5.92 Å². The molecule has 170 valence electrons. The molecular weight excluding hydrogens is 390 g/mol. The van der Waals surface area contributed by atoms with Gasteiger partial charge >= 0.3 is 0 Å². The van der Waals surface area contributed by atoms with E-state index in [0.717, 1.165) is 71.7 Å². The Hall–Kier alpha value is -1.93. The molecule has 0 N–H and O–H groups in total. The highest BCUT2D eigenvalue weighted by Gasteiger charge is 2.39. The molecule has 2 atom stereocenters. The highest BCUT2D eigenvalue weighted by Crippen LogP contribution is 2.26. The number of likely N-dealkylation sites (N-methyl/N-ethyl adjacent to an activating group) is 1. The van der Waals surface area contributed by atoms with E-state index in [1.807, 2.05) is 0 Å². The average Bonchev–Trinajstić information content (AvgIpc) is 3.22. The van der Waals surface area contributed by atoms with Gasteiger partial charge in [-0.1, -0.05) is 18.2 Å². The van der Waals surface area contributed by atoms with Crippen molar-refractivity contribution in [2.75, 3.05) is 79.5 Å². The van der Waals surface area contributed by atoms with Crippen molar-refractivity contribution in [3.05, 3.63) is 36.5 Å². The number of piperidine rings is 1. The number of aliphatic carboxylic acids is 1. The van der Waals surface area contributed by atoms with Crippen LogP contribution in [-0.4, -0.2) is 105 Å². The molecule has 0 spiro atoms. The number of nitrogens with zero attached hydrogens (tertiary/aromatic N) is 5. The molecule has 0 aliphatic carbocycles. The fourth-order valence-corrected chi connectivity index (χ4v) is 5.27. The number of benzene rings is 1. The average molecular weight is 428 g/mol. The molecular formula is C24H37N5O2. The molecule has 1 aromatic heterocycles. The van der Waals surface area contributed by atoms with E-state index in [4.69, 9.17) is 0 Å². The topological polar surface area (TPSA) is 54.8 Å². The number of carboxylic acid groups (broad SMARTS) is 1. The number of carbonyl (C=O) groups excluding carboxylic acids is 1. The minimum Gasteiger partial charge on any atom is -0.550 e. The van der Waals surface area contributed by atoms with Crippen LogP contribution in [0.4, 0.5) is 0 Å². The monoisotopic (exact) mass is 427 g/mol. The van der Waals surface area contributed by atoms with E-state index in [9.17, 15) is 9.90 Å². The number of quaternary nitrogens is 1. The third-order valence-electron chi connectivity index (χ3n) is 7.22. The van der Waals surface area contributed by atoms with E-state index in [1.165, 1.54) is 10.9 Å². The summed E-state index contributed by atoms with van der Waals surface area (Å²) in [4.78, 5) is 19.1. The molecule has 2 aliphatic heterocycles. The molecule has 2 aliphatic rings. The van der Waals surface area contributed by atoms with Crippen LogP contribution >= 0.6 is 0 Å². The molecule has 0 amide bonds. The molecule has 2 saturated heterocycles. The Labute approximate surface area is 186 Å². The molecule has 0 saturated carbocycles. The maximum atomic E-state index is 11.8. The summed E-state index contributed by atoms with van der Waals surface area (Å²) in [5.74, 6) is -1.27. The van der Waals surface area contributed by atoms with Gasteiger partial charge in [0.05, 0.1) is 24.6 Å². The van der Waals surface area contributed by atoms with Crippen LogP contribution in [0.15, 0.2) is 36.5 Å². The van der Waals surface area contributed by atoms with Crippen molar-refractivity contribution in [3.8, 4) is 0 Å². The van der Waals surface area contributed by atoms with E-state index < -0.39 is 5.97 Å². The molecule has 1 aromatic carbocycles. The minimum absolute atomic E-state index is 0.377. The van der Waals surface area contributed by atoms with Crippen LogP contribution in [0.2, 0.25) is 0 Å². The van der Waals surface area contributed by atoms with Crippen molar-refractivity contribution < 1.29 is 9.90 Å². The third-order valence-corrected chi connectivity index (χ3v) is 7.22. The first-order valence-electron chi connectivity index (χ1n) is 11.7. The first kappa shape index (κ1) is 22.3. The molecule has 2 fully saturated rings. The SMILES string of the molecule is CN(C)CCN1CCN(CC[N+]2(n3ccc4ccccc43)CCCC(C(=O)[O-])C2)CC1. The lowest BCUT2D eigenvalue weighted by molar-refractivity contribution is -0.313. The van der Waals surface area contributed by atoms with Crippen LogP contribution < -0.4 is 9.70 Å². The summed E-state index contributed by atoms with van der Waals surface area (Å²) in [5.41, 5.74) is 1.19. The summed E-state index contributed by atoms with van der Waals surface area (Å²) in [6.07, 6.45) is 3.80. The fourth-order valence-electron chi connectivity index (χ4n) is 5.27. The molecule has 31 heavy (non-hydrogen) atoms. The number of rotatable bonds is 8. The van der Waals surface area contributed by atoms with Crippen molar-refractivity contribution in [3.63, 3.8) is 0 Å². The zero-order valence-corrected chi connectivity index (χ0v) is 19.1. The van der Waals surface area contributed by atoms with E-state index in [2.05, 4.69) is 70.0 Å². The van der Waals surface area contributed by atoms with E-state index in [-0.39, 0.29) is 5.92 Å². The number of hydrogen-bond acceptors (Lipinski definition) is 5. The van der Waals surface area contributed by atoms with Crippen LogP contribution in [0.25, 0.3) is 10.9 Å².